The fourth-order valence-electron chi connectivity index (χ4n) is 2.12. The number of thiazole rings is 1. The lowest BCUT2D eigenvalue weighted by Crippen LogP contribution is -2.21. The summed E-state index contributed by atoms with van der Waals surface area (Å²) in [6, 6.07) is 0. The molecule has 0 saturated carbocycles. The average Bonchev–Trinajstić information content (AvgIpc) is 2.95. The minimum Gasteiger partial charge on any atom is -0.330 e. The summed E-state index contributed by atoms with van der Waals surface area (Å²) in [5, 5.41) is 3.48. The van der Waals surface area contributed by atoms with E-state index in [-0.39, 0.29) is 0 Å². The van der Waals surface area contributed by atoms with E-state index in [0.717, 1.165) is 25.8 Å². The van der Waals surface area contributed by atoms with Gasteiger partial charge in [0.1, 0.15) is 0 Å². The molecule has 2 N–H and O–H groups in total. The number of rotatable bonds is 6. The molecule has 0 bridgehead atoms. The molecule has 0 aromatic carbocycles. The maximum absolute atomic E-state index is 5.49. The predicted octanol–water partition coefficient (Wildman–Crippen LogP) is 1.67. The van der Waals surface area contributed by atoms with Crippen LogP contribution in [0.2, 0.25) is 0 Å². The number of likely N-dealkylation sites (tertiary alicyclic amines) is 1. The van der Waals surface area contributed by atoms with E-state index in [1.807, 2.05) is 0 Å². The summed E-state index contributed by atoms with van der Waals surface area (Å²) in [5.74, 6) is 0. The first-order chi connectivity index (χ1) is 7.88. The summed E-state index contributed by atoms with van der Waals surface area (Å²) in [6.07, 6.45) is 5.96. The lowest BCUT2D eigenvalue weighted by Gasteiger charge is -2.12. The fraction of sp³-hybridized carbons (Fsp3) is 0.750. The van der Waals surface area contributed by atoms with Gasteiger partial charge < -0.3 is 10.6 Å². The minimum absolute atomic E-state index is 0.765. The maximum atomic E-state index is 5.49. The summed E-state index contributed by atoms with van der Waals surface area (Å²) in [5.41, 5.74) is 6.72. The van der Waals surface area contributed by atoms with Gasteiger partial charge in [-0.1, -0.05) is 0 Å². The molecule has 1 aromatic rings. The van der Waals surface area contributed by atoms with Gasteiger partial charge in [0.2, 0.25) is 0 Å². The molecule has 0 radical (unpaired) electrons. The van der Waals surface area contributed by atoms with Crippen molar-refractivity contribution in [3.63, 3.8) is 0 Å². The second-order valence-corrected chi connectivity index (χ2v) is 5.37. The zero-order valence-corrected chi connectivity index (χ0v) is 10.6. The standard InChI is InChI=1S/C12H21N3S/c13-6-3-4-11-10-16-12(14-11)5-9-15-7-1-2-8-15/h10H,1-9,13H2. The Bertz CT molecular complexity index is 305. The van der Waals surface area contributed by atoms with Crippen LogP contribution in [0.25, 0.3) is 0 Å². The third kappa shape index (κ3) is 3.54. The van der Waals surface area contributed by atoms with Crippen LogP contribution in [0, 0.1) is 0 Å². The van der Waals surface area contributed by atoms with Crippen molar-refractivity contribution in [1.82, 2.24) is 9.88 Å². The van der Waals surface area contributed by atoms with Gasteiger partial charge in [-0.05, 0) is 45.3 Å². The van der Waals surface area contributed by atoms with Crippen molar-refractivity contribution in [3.8, 4) is 0 Å². The van der Waals surface area contributed by atoms with Crippen LogP contribution in [-0.4, -0.2) is 36.1 Å². The largest absolute Gasteiger partial charge is 0.330 e. The van der Waals surface area contributed by atoms with Crippen LogP contribution in [0.3, 0.4) is 0 Å². The average molecular weight is 239 g/mol. The Balaban J connectivity index is 1.73. The van der Waals surface area contributed by atoms with Crippen LogP contribution >= 0.6 is 11.3 Å². The summed E-state index contributed by atoms with van der Waals surface area (Å²) < 4.78 is 0. The second-order valence-electron chi connectivity index (χ2n) is 4.42. The smallest absolute Gasteiger partial charge is 0.0941 e. The Morgan fingerprint density at radius 3 is 2.88 bits per heavy atom. The second kappa shape index (κ2) is 6.33. The van der Waals surface area contributed by atoms with Crippen molar-refractivity contribution in [3.05, 3.63) is 16.1 Å². The van der Waals surface area contributed by atoms with Crippen LogP contribution in [0.1, 0.15) is 30.0 Å². The molecular formula is C12H21N3S. The van der Waals surface area contributed by atoms with Gasteiger partial charge in [-0.15, -0.1) is 11.3 Å². The SMILES string of the molecule is NCCCc1csc(CCN2CCCC2)n1. The van der Waals surface area contributed by atoms with E-state index >= 15 is 0 Å². The van der Waals surface area contributed by atoms with E-state index in [4.69, 9.17) is 5.73 Å². The van der Waals surface area contributed by atoms with E-state index in [1.165, 1.54) is 43.2 Å². The summed E-state index contributed by atoms with van der Waals surface area (Å²) in [4.78, 5) is 7.19. The highest BCUT2D eigenvalue weighted by molar-refractivity contribution is 7.09. The number of nitrogens with zero attached hydrogens (tertiary/aromatic N) is 2. The summed E-state index contributed by atoms with van der Waals surface area (Å²) >= 11 is 1.80. The Morgan fingerprint density at radius 2 is 2.12 bits per heavy atom. The molecule has 0 amide bonds. The Hall–Kier alpha value is -0.450. The van der Waals surface area contributed by atoms with Gasteiger partial charge in [0, 0.05) is 18.3 Å². The van der Waals surface area contributed by atoms with Gasteiger partial charge in [0.25, 0.3) is 0 Å². The van der Waals surface area contributed by atoms with E-state index in [2.05, 4.69) is 15.3 Å². The van der Waals surface area contributed by atoms with Gasteiger partial charge in [-0.3, -0.25) is 0 Å². The molecule has 2 rings (SSSR count). The van der Waals surface area contributed by atoms with Crippen molar-refractivity contribution < 1.29 is 0 Å². The lowest BCUT2D eigenvalue weighted by molar-refractivity contribution is 0.343. The molecule has 16 heavy (non-hydrogen) atoms. The zero-order valence-electron chi connectivity index (χ0n) is 9.82. The van der Waals surface area contributed by atoms with E-state index in [9.17, 15) is 0 Å². The van der Waals surface area contributed by atoms with E-state index < -0.39 is 0 Å². The van der Waals surface area contributed by atoms with Crippen molar-refractivity contribution >= 4 is 11.3 Å². The molecule has 3 nitrogen and oxygen atoms in total. The van der Waals surface area contributed by atoms with Gasteiger partial charge in [-0.25, -0.2) is 4.98 Å². The topological polar surface area (TPSA) is 42.1 Å². The zero-order chi connectivity index (χ0) is 11.2. The van der Waals surface area contributed by atoms with E-state index in [1.54, 1.807) is 11.3 Å². The molecule has 1 aliphatic rings. The highest BCUT2D eigenvalue weighted by Crippen LogP contribution is 2.14. The van der Waals surface area contributed by atoms with Gasteiger partial charge in [0.15, 0.2) is 0 Å². The van der Waals surface area contributed by atoms with Crippen LogP contribution in [0.15, 0.2) is 5.38 Å². The Morgan fingerprint density at radius 1 is 1.31 bits per heavy atom. The first-order valence-corrected chi connectivity index (χ1v) is 7.12. The monoisotopic (exact) mass is 239 g/mol. The molecule has 0 spiro atoms. The molecular weight excluding hydrogens is 218 g/mol. The first-order valence-electron chi connectivity index (χ1n) is 6.24. The third-order valence-corrected chi connectivity index (χ3v) is 4.03. The van der Waals surface area contributed by atoms with Gasteiger partial charge in [0.05, 0.1) is 10.7 Å². The van der Waals surface area contributed by atoms with Crippen molar-refractivity contribution in [2.45, 2.75) is 32.1 Å². The molecule has 1 fully saturated rings. The molecule has 1 saturated heterocycles. The Kier molecular flexibility index (Phi) is 4.75. The van der Waals surface area contributed by atoms with Gasteiger partial charge >= 0.3 is 0 Å². The lowest BCUT2D eigenvalue weighted by atomic mass is 10.2. The number of hydrogen-bond donors (Lipinski definition) is 1. The predicted molar refractivity (Wildman–Crippen MR) is 68.9 cm³/mol. The van der Waals surface area contributed by atoms with Crippen LogP contribution in [0.5, 0.6) is 0 Å². The number of aryl methyl sites for hydroxylation is 1. The summed E-state index contributed by atoms with van der Waals surface area (Å²) in [7, 11) is 0. The molecule has 0 unspecified atom stereocenters. The molecule has 0 atom stereocenters. The van der Waals surface area contributed by atoms with Crippen molar-refractivity contribution in [1.29, 1.82) is 0 Å². The quantitative estimate of drug-likeness (QED) is 0.821. The van der Waals surface area contributed by atoms with Crippen LogP contribution < -0.4 is 5.73 Å². The fourth-order valence-corrected chi connectivity index (χ4v) is 2.94. The number of aromatic nitrogens is 1. The maximum Gasteiger partial charge on any atom is 0.0941 e. The van der Waals surface area contributed by atoms with Crippen molar-refractivity contribution in [2.75, 3.05) is 26.2 Å². The molecule has 0 aliphatic carbocycles. The van der Waals surface area contributed by atoms with Gasteiger partial charge in [-0.2, -0.15) is 0 Å². The Labute approximate surface area is 102 Å². The number of nitrogens with two attached hydrogens (primary N) is 1. The molecule has 1 aromatic heterocycles. The molecule has 90 valence electrons. The highest BCUT2D eigenvalue weighted by atomic mass is 32.1. The third-order valence-electron chi connectivity index (χ3n) is 3.08. The van der Waals surface area contributed by atoms with Crippen molar-refractivity contribution in [2.24, 2.45) is 5.73 Å². The normalized spacial score (nSPS) is 17.1. The molecule has 2 heterocycles. The van der Waals surface area contributed by atoms with E-state index in [0.29, 0.717) is 0 Å². The molecule has 1 aliphatic heterocycles. The first kappa shape index (κ1) is 12.0. The molecule has 4 heteroatoms. The minimum atomic E-state index is 0.765. The summed E-state index contributed by atoms with van der Waals surface area (Å²) in [6.45, 7) is 4.52. The van der Waals surface area contributed by atoms with Crippen LogP contribution in [0.4, 0.5) is 0 Å². The van der Waals surface area contributed by atoms with Crippen LogP contribution in [-0.2, 0) is 12.8 Å². The highest BCUT2D eigenvalue weighted by Gasteiger charge is 2.11. The number of hydrogen-bond acceptors (Lipinski definition) is 4.